The number of carbonyl (C=O) groups excluding carboxylic acids is 1. The maximum absolute atomic E-state index is 11.0. The van der Waals surface area contributed by atoms with Crippen LogP contribution in [0.5, 0.6) is 0 Å². The van der Waals surface area contributed by atoms with E-state index in [4.69, 9.17) is 16.3 Å². The van der Waals surface area contributed by atoms with E-state index in [0.717, 1.165) is 5.03 Å². The molecule has 0 amide bonds. The van der Waals surface area contributed by atoms with Gasteiger partial charge in [-0.2, -0.15) is 0 Å². The van der Waals surface area contributed by atoms with Gasteiger partial charge in [-0.1, -0.05) is 11.6 Å². The Balaban J connectivity index is 2.32. The van der Waals surface area contributed by atoms with Gasteiger partial charge in [-0.15, -0.1) is 11.8 Å². The molecule has 0 radical (unpaired) electrons. The van der Waals surface area contributed by atoms with Gasteiger partial charge in [-0.3, -0.25) is 4.79 Å². The van der Waals surface area contributed by atoms with Gasteiger partial charge in [-0.25, -0.2) is 4.98 Å². The summed E-state index contributed by atoms with van der Waals surface area (Å²) in [5.41, 5.74) is 0. The van der Waals surface area contributed by atoms with Crippen molar-refractivity contribution < 1.29 is 9.53 Å². The van der Waals surface area contributed by atoms with E-state index in [1.54, 1.807) is 25.3 Å². The summed E-state index contributed by atoms with van der Waals surface area (Å²) in [6, 6.07) is 3.55. The first-order valence-electron chi connectivity index (χ1n) is 4.63. The number of hydrogen-bond donors (Lipinski definition) is 0. The molecule has 5 heteroatoms. The molecule has 0 saturated heterocycles. The van der Waals surface area contributed by atoms with E-state index in [1.807, 2.05) is 0 Å². The standard InChI is InChI=1S/C10H12ClNO2S/c1-2-14-9(13)5-7-15-10-8(11)4-3-6-12-10/h3-4,6H,2,5,7H2,1H3. The van der Waals surface area contributed by atoms with Gasteiger partial charge in [0.2, 0.25) is 0 Å². The van der Waals surface area contributed by atoms with Crippen LogP contribution in [0.15, 0.2) is 23.4 Å². The smallest absolute Gasteiger partial charge is 0.306 e. The number of pyridine rings is 1. The van der Waals surface area contributed by atoms with E-state index < -0.39 is 0 Å². The van der Waals surface area contributed by atoms with Gasteiger partial charge < -0.3 is 4.74 Å². The predicted molar refractivity (Wildman–Crippen MR) is 61.2 cm³/mol. The van der Waals surface area contributed by atoms with E-state index in [-0.39, 0.29) is 5.97 Å². The van der Waals surface area contributed by atoms with Gasteiger partial charge in [0.25, 0.3) is 0 Å². The van der Waals surface area contributed by atoms with Gasteiger partial charge in [0.05, 0.1) is 18.1 Å². The van der Waals surface area contributed by atoms with E-state index in [0.29, 0.717) is 23.8 Å². The van der Waals surface area contributed by atoms with Crippen LogP contribution in [-0.2, 0) is 9.53 Å². The van der Waals surface area contributed by atoms with Crippen molar-refractivity contribution in [2.45, 2.75) is 18.4 Å². The molecule has 0 aromatic carbocycles. The molecule has 1 rings (SSSR count). The van der Waals surface area contributed by atoms with Crippen LogP contribution in [0.25, 0.3) is 0 Å². The first-order valence-corrected chi connectivity index (χ1v) is 5.99. The molecule has 0 bridgehead atoms. The molecule has 0 spiro atoms. The SMILES string of the molecule is CCOC(=O)CCSc1ncccc1Cl. The number of aromatic nitrogens is 1. The zero-order valence-electron chi connectivity index (χ0n) is 8.40. The molecule has 0 saturated carbocycles. The maximum Gasteiger partial charge on any atom is 0.306 e. The summed E-state index contributed by atoms with van der Waals surface area (Å²) < 4.78 is 4.80. The lowest BCUT2D eigenvalue weighted by molar-refractivity contribution is -0.142. The van der Waals surface area contributed by atoms with Crippen molar-refractivity contribution in [3.8, 4) is 0 Å². The third-order valence-corrected chi connectivity index (χ3v) is 3.00. The summed E-state index contributed by atoms with van der Waals surface area (Å²) in [6.45, 7) is 2.22. The summed E-state index contributed by atoms with van der Waals surface area (Å²) in [5.74, 6) is 0.451. The normalized spacial score (nSPS) is 10.0. The summed E-state index contributed by atoms with van der Waals surface area (Å²) in [7, 11) is 0. The second kappa shape index (κ2) is 6.69. The molecule has 82 valence electrons. The minimum atomic E-state index is -0.183. The highest BCUT2D eigenvalue weighted by molar-refractivity contribution is 7.99. The molecule has 3 nitrogen and oxygen atoms in total. The number of carbonyl (C=O) groups is 1. The van der Waals surface area contributed by atoms with Gasteiger partial charge in [0.15, 0.2) is 0 Å². The Hall–Kier alpha value is -0.740. The first-order chi connectivity index (χ1) is 7.24. The topological polar surface area (TPSA) is 39.2 Å². The second-order valence-corrected chi connectivity index (χ2v) is 4.18. The Morgan fingerprint density at radius 2 is 2.47 bits per heavy atom. The third kappa shape index (κ3) is 4.53. The predicted octanol–water partition coefficient (Wildman–Crippen LogP) is 2.78. The van der Waals surface area contributed by atoms with Crippen LogP contribution in [0.4, 0.5) is 0 Å². The number of halogens is 1. The fourth-order valence-electron chi connectivity index (χ4n) is 0.942. The van der Waals surface area contributed by atoms with Crippen molar-refractivity contribution in [1.82, 2.24) is 4.98 Å². The highest BCUT2D eigenvalue weighted by Gasteiger charge is 2.04. The van der Waals surface area contributed by atoms with Crippen LogP contribution in [0, 0.1) is 0 Å². The number of thioether (sulfide) groups is 1. The molecule has 1 heterocycles. The fraction of sp³-hybridized carbons (Fsp3) is 0.400. The summed E-state index contributed by atoms with van der Waals surface area (Å²) in [5, 5.41) is 1.37. The van der Waals surface area contributed by atoms with E-state index in [1.165, 1.54) is 11.8 Å². The molecule has 0 fully saturated rings. The number of nitrogens with zero attached hydrogens (tertiary/aromatic N) is 1. The number of esters is 1. The Morgan fingerprint density at radius 3 is 3.13 bits per heavy atom. The summed E-state index contributed by atoms with van der Waals surface area (Å²) >= 11 is 7.36. The van der Waals surface area contributed by atoms with E-state index in [2.05, 4.69) is 4.98 Å². The number of hydrogen-bond acceptors (Lipinski definition) is 4. The zero-order valence-corrected chi connectivity index (χ0v) is 9.98. The van der Waals surface area contributed by atoms with E-state index in [9.17, 15) is 4.79 Å². The van der Waals surface area contributed by atoms with Crippen LogP contribution < -0.4 is 0 Å². The molecule has 0 aliphatic heterocycles. The van der Waals surface area contributed by atoms with Crippen LogP contribution in [0.3, 0.4) is 0 Å². The molecule has 0 atom stereocenters. The molecule has 1 aromatic heterocycles. The Morgan fingerprint density at radius 1 is 1.67 bits per heavy atom. The Kier molecular flexibility index (Phi) is 5.50. The number of ether oxygens (including phenoxy) is 1. The lowest BCUT2D eigenvalue weighted by atomic mass is 10.5. The second-order valence-electron chi connectivity index (χ2n) is 2.69. The molecule has 0 aliphatic carbocycles. The van der Waals surface area contributed by atoms with Crippen molar-refractivity contribution in [3.63, 3.8) is 0 Å². The Bertz CT molecular complexity index is 333. The number of rotatable bonds is 5. The van der Waals surface area contributed by atoms with Crippen molar-refractivity contribution in [3.05, 3.63) is 23.4 Å². The first kappa shape index (κ1) is 12.3. The van der Waals surface area contributed by atoms with Crippen molar-refractivity contribution >= 4 is 29.3 Å². The van der Waals surface area contributed by atoms with Gasteiger partial charge in [0.1, 0.15) is 5.03 Å². The van der Waals surface area contributed by atoms with Crippen LogP contribution >= 0.6 is 23.4 Å². The lowest BCUT2D eigenvalue weighted by Gasteiger charge is -2.02. The molecule has 0 aliphatic rings. The quantitative estimate of drug-likeness (QED) is 0.591. The lowest BCUT2D eigenvalue weighted by Crippen LogP contribution is -2.04. The summed E-state index contributed by atoms with van der Waals surface area (Å²) in [4.78, 5) is 15.1. The largest absolute Gasteiger partial charge is 0.466 e. The monoisotopic (exact) mass is 245 g/mol. The minimum Gasteiger partial charge on any atom is -0.466 e. The summed E-state index contributed by atoms with van der Waals surface area (Å²) in [6.07, 6.45) is 2.06. The van der Waals surface area contributed by atoms with Crippen LogP contribution in [0.1, 0.15) is 13.3 Å². The van der Waals surface area contributed by atoms with Gasteiger partial charge in [-0.05, 0) is 19.1 Å². The highest BCUT2D eigenvalue weighted by atomic mass is 35.5. The van der Waals surface area contributed by atoms with Gasteiger partial charge >= 0.3 is 5.97 Å². The maximum atomic E-state index is 11.0. The Labute approximate surface area is 98.2 Å². The minimum absolute atomic E-state index is 0.183. The molecular weight excluding hydrogens is 234 g/mol. The highest BCUT2D eigenvalue weighted by Crippen LogP contribution is 2.24. The molecular formula is C10H12ClNO2S. The van der Waals surface area contributed by atoms with Gasteiger partial charge in [0, 0.05) is 11.9 Å². The zero-order chi connectivity index (χ0) is 11.1. The van der Waals surface area contributed by atoms with Crippen molar-refractivity contribution in [1.29, 1.82) is 0 Å². The van der Waals surface area contributed by atoms with Crippen LogP contribution in [0.2, 0.25) is 5.02 Å². The average molecular weight is 246 g/mol. The van der Waals surface area contributed by atoms with Crippen molar-refractivity contribution in [2.75, 3.05) is 12.4 Å². The van der Waals surface area contributed by atoms with E-state index >= 15 is 0 Å². The molecule has 0 N–H and O–H groups in total. The van der Waals surface area contributed by atoms with Crippen LogP contribution in [-0.4, -0.2) is 23.3 Å². The third-order valence-electron chi connectivity index (χ3n) is 1.58. The molecule has 0 unspecified atom stereocenters. The molecule has 15 heavy (non-hydrogen) atoms. The molecule has 1 aromatic rings. The fourth-order valence-corrected chi connectivity index (χ4v) is 2.03. The average Bonchev–Trinajstić information content (AvgIpc) is 2.21. The van der Waals surface area contributed by atoms with Crippen molar-refractivity contribution in [2.24, 2.45) is 0 Å².